The quantitative estimate of drug-likeness (QED) is 0.622. The summed E-state index contributed by atoms with van der Waals surface area (Å²) in [6.45, 7) is 3.67. The number of likely N-dealkylation sites (N-methyl/N-ethyl adjacent to an activating group) is 1. The van der Waals surface area contributed by atoms with Crippen LogP contribution in [0.4, 0.5) is 0 Å². The fourth-order valence-electron chi connectivity index (χ4n) is 4.85. The van der Waals surface area contributed by atoms with E-state index >= 15 is 0 Å². The van der Waals surface area contributed by atoms with Gasteiger partial charge in [0, 0.05) is 39.8 Å². The van der Waals surface area contributed by atoms with Crippen molar-refractivity contribution in [2.24, 2.45) is 0 Å². The Morgan fingerprint density at radius 2 is 1.68 bits per heavy atom. The molecule has 3 aliphatic rings. The van der Waals surface area contributed by atoms with Gasteiger partial charge in [0.05, 0.1) is 11.4 Å². The molecule has 0 spiro atoms. The van der Waals surface area contributed by atoms with Gasteiger partial charge in [-0.1, -0.05) is 12.1 Å². The highest BCUT2D eigenvalue weighted by Crippen LogP contribution is 2.31. The van der Waals surface area contributed by atoms with Crippen LogP contribution in [0.3, 0.4) is 0 Å². The molecule has 1 saturated heterocycles. The van der Waals surface area contributed by atoms with Gasteiger partial charge >= 0.3 is 0 Å². The first-order valence-electron chi connectivity index (χ1n) is 11.9. The Kier molecular flexibility index (Phi) is 6.50. The Labute approximate surface area is 201 Å². The number of aryl methyl sites for hydroxylation is 2. The highest BCUT2D eigenvalue weighted by atomic mass is 32.2. The molecule has 9 heteroatoms. The van der Waals surface area contributed by atoms with Crippen molar-refractivity contribution in [3.63, 3.8) is 0 Å². The lowest BCUT2D eigenvalue weighted by molar-refractivity contribution is -0.131. The largest absolute Gasteiger partial charge is 0.486 e. The molecule has 34 heavy (non-hydrogen) atoms. The molecule has 2 heterocycles. The van der Waals surface area contributed by atoms with E-state index in [-0.39, 0.29) is 12.5 Å². The van der Waals surface area contributed by atoms with Crippen LogP contribution in [0.2, 0.25) is 0 Å². The number of fused-ring (bicyclic) bond motifs is 2. The average molecular weight is 486 g/mol. The minimum atomic E-state index is -3.51. The molecule has 0 aromatic heterocycles. The predicted molar refractivity (Wildman–Crippen MR) is 128 cm³/mol. The van der Waals surface area contributed by atoms with Crippen molar-refractivity contribution in [2.75, 3.05) is 53.0 Å². The van der Waals surface area contributed by atoms with Crippen LogP contribution in [0, 0.1) is 0 Å². The molecule has 0 atom stereocenters. The van der Waals surface area contributed by atoms with Crippen molar-refractivity contribution < 1.29 is 22.7 Å². The number of benzene rings is 2. The topological polar surface area (TPSA) is 79.4 Å². The van der Waals surface area contributed by atoms with Crippen molar-refractivity contribution in [1.82, 2.24) is 14.1 Å². The van der Waals surface area contributed by atoms with E-state index < -0.39 is 10.0 Å². The molecule has 8 nitrogen and oxygen atoms in total. The molecule has 1 amide bonds. The third-order valence-corrected chi connectivity index (χ3v) is 8.74. The number of nitrogens with zero attached hydrogens (tertiary/aromatic N) is 3. The molecule has 1 aliphatic carbocycles. The normalized spacial score (nSPS) is 18.5. The lowest BCUT2D eigenvalue weighted by atomic mass is 10.1. The standard InChI is InChI=1S/C25H31N3O5S/c1-26(17-19-5-8-23-24(15-19)33-14-13-32-23)25(29)18-27-9-11-28(12-10-27)34(30,31)22-7-6-20-3-2-4-21(20)16-22/h5-8,15-16H,2-4,9-14,17-18H2,1H3. The fraction of sp³-hybridized carbons (Fsp3) is 0.480. The Hall–Kier alpha value is -2.62. The molecule has 2 aliphatic heterocycles. The summed E-state index contributed by atoms with van der Waals surface area (Å²) in [6.07, 6.45) is 3.08. The van der Waals surface area contributed by atoms with Gasteiger partial charge in [0.15, 0.2) is 11.5 Å². The number of amides is 1. The van der Waals surface area contributed by atoms with Crippen LogP contribution in [0.15, 0.2) is 41.3 Å². The molecule has 0 unspecified atom stereocenters. The second-order valence-corrected chi connectivity index (χ2v) is 11.1. The molecule has 2 aromatic carbocycles. The smallest absolute Gasteiger partial charge is 0.243 e. The van der Waals surface area contributed by atoms with Gasteiger partial charge in [-0.2, -0.15) is 4.31 Å². The van der Waals surface area contributed by atoms with E-state index in [0.717, 1.165) is 36.1 Å². The number of carbonyl (C=O) groups excluding carboxylic acids is 1. The van der Waals surface area contributed by atoms with Gasteiger partial charge in [0.25, 0.3) is 0 Å². The summed E-state index contributed by atoms with van der Waals surface area (Å²) >= 11 is 0. The molecule has 5 rings (SSSR count). The van der Waals surface area contributed by atoms with Crippen molar-refractivity contribution in [3.05, 3.63) is 53.1 Å². The summed E-state index contributed by atoms with van der Waals surface area (Å²) < 4.78 is 39.0. The molecule has 1 fully saturated rings. The van der Waals surface area contributed by atoms with Crippen LogP contribution in [0.1, 0.15) is 23.1 Å². The van der Waals surface area contributed by atoms with Gasteiger partial charge in [-0.3, -0.25) is 9.69 Å². The zero-order valence-electron chi connectivity index (χ0n) is 19.5. The van der Waals surface area contributed by atoms with E-state index in [4.69, 9.17) is 9.47 Å². The Morgan fingerprint density at radius 1 is 0.941 bits per heavy atom. The van der Waals surface area contributed by atoms with Crippen molar-refractivity contribution in [3.8, 4) is 11.5 Å². The van der Waals surface area contributed by atoms with Gasteiger partial charge in [-0.25, -0.2) is 8.42 Å². The maximum absolute atomic E-state index is 13.1. The third kappa shape index (κ3) is 4.78. The first-order valence-corrected chi connectivity index (χ1v) is 13.3. The Morgan fingerprint density at radius 3 is 2.47 bits per heavy atom. The average Bonchev–Trinajstić information content (AvgIpc) is 3.32. The van der Waals surface area contributed by atoms with Crippen molar-refractivity contribution in [1.29, 1.82) is 0 Å². The Bertz CT molecular complexity index is 1180. The number of rotatable bonds is 6. The summed E-state index contributed by atoms with van der Waals surface area (Å²) in [4.78, 5) is 16.9. The van der Waals surface area contributed by atoms with Crippen LogP contribution >= 0.6 is 0 Å². The summed E-state index contributed by atoms with van der Waals surface area (Å²) in [5.41, 5.74) is 3.40. The lowest BCUT2D eigenvalue weighted by Crippen LogP contribution is -2.51. The van der Waals surface area contributed by atoms with Gasteiger partial charge in [0.1, 0.15) is 13.2 Å². The van der Waals surface area contributed by atoms with Gasteiger partial charge in [0.2, 0.25) is 15.9 Å². The number of piperazine rings is 1. The van der Waals surface area contributed by atoms with E-state index in [0.29, 0.717) is 56.6 Å². The first-order chi connectivity index (χ1) is 16.4. The number of ether oxygens (including phenoxy) is 2. The van der Waals surface area contributed by atoms with E-state index in [2.05, 4.69) is 0 Å². The van der Waals surface area contributed by atoms with Crippen LogP contribution in [-0.4, -0.2) is 81.4 Å². The van der Waals surface area contributed by atoms with E-state index in [1.54, 1.807) is 22.3 Å². The maximum Gasteiger partial charge on any atom is 0.243 e. The molecule has 182 valence electrons. The first kappa shape index (κ1) is 23.1. The fourth-order valence-corrected chi connectivity index (χ4v) is 6.32. The summed E-state index contributed by atoms with van der Waals surface area (Å²) in [5.74, 6) is 1.45. The second-order valence-electron chi connectivity index (χ2n) is 9.19. The maximum atomic E-state index is 13.1. The highest BCUT2D eigenvalue weighted by molar-refractivity contribution is 7.89. The third-order valence-electron chi connectivity index (χ3n) is 6.85. The lowest BCUT2D eigenvalue weighted by Gasteiger charge is -2.34. The van der Waals surface area contributed by atoms with Gasteiger partial charge in [-0.05, 0) is 60.2 Å². The molecule has 0 N–H and O–H groups in total. The zero-order valence-corrected chi connectivity index (χ0v) is 20.3. The predicted octanol–water partition coefficient (Wildman–Crippen LogP) is 1.91. The van der Waals surface area contributed by atoms with E-state index in [1.165, 1.54) is 5.56 Å². The Balaban J connectivity index is 1.14. The molecule has 0 saturated carbocycles. The van der Waals surface area contributed by atoms with Crippen molar-refractivity contribution >= 4 is 15.9 Å². The number of hydrogen-bond acceptors (Lipinski definition) is 6. The van der Waals surface area contributed by atoms with Crippen LogP contribution in [-0.2, 0) is 34.2 Å². The number of sulfonamides is 1. The summed E-state index contributed by atoms with van der Waals surface area (Å²) in [7, 11) is -1.73. The molecular formula is C25H31N3O5S. The molecule has 2 aromatic rings. The monoisotopic (exact) mass is 485 g/mol. The van der Waals surface area contributed by atoms with Gasteiger partial charge in [-0.15, -0.1) is 0 Å². The van der Waals surface area contributed by atoms with E-state index in [9.17, 15) is 13.2 Å². The second kappa shape index (κ2) is 9.56. The van der Waals surface area contributed by atoms with Crippen LogP contribution in [0.25, 0.3) is 0 Å². The summed E-state index contributed by atoms with van der Waals surface area (Å²) in [6, 6.07) is 11.3. The summed E-state index contributed by atoms with van der Waals surface area (Å²) in [5, 5.41) is 0. The van der Waals surface area contributed by atoms with Crippen LogP contribution in [0.5, 0.6) is 11.5 Å². The minimum absolute atomic E-state index is 0.00446. The molecule has 0 radical (unpaired) electrons. The molecule has 0 bridgehead atoms. The highest BCUT2D eigenvalue weighted by Gasteiger charge is 2.30. The molecular weight excluding hydrogens is 454 g/mol. The number of hydrogen-bond donors (Lipinski definition) is 0. The van der Waals surface area contributed by atoms with Gasteiger partial charge < -0.3 is 14.4 Å². The minimum Gasteiger partial charge on any atom is -0.486 e. The van der Waals surface area contributed by atoms with E-state index in [1.807, 2.05) is 35.2 Å². The SMILES string of the molecule is CN(Cc1ccc2c(c1)OCCO2)C(=O)CN1CCN(S(=O)(=O)c2ccc3c(c2)CCC3)CC1. The number of carbonyl (C=O) groups is 1. The van der Waals surface area contributed by atoms with Crippen LogP contribution < -0.4 is 9.47 Å². The zero-order chi connectivity index (χ0) is 23.7. The van der Waals surface area contributed by atoms with Crippen molar-refractivity contribution in [2.45, 2.75) is 30.7 Å².